The first-order valence-corrected chi connectivity index (χ1v) is 7.40. The van der Waals surface area contributed by atoms with Crippen LogP contribution in [0.15, 0.2) is 24.3 Å². The van der Waals surface area contributed by atoms with Gasteiger partial charge in [0.15, 0.2) is 5.82 Å². The highest BCUT2D eigenvalue weighted by atomic mass is 15.2. The minimum Gasteiger partial charge on any atom is -0.368 e. The summed E-state index contributed by atoms with van der Waals surface area (Å²) < 4.78 is 0. The van der Waals surface area contributed by atoms with Crippen molar-refractivity contribution < 1.29 is 0 Å². The van der Waals surface area contributed by atoms with Crippen molar-refractivity contribution in [1.29, 1.82) is 0 Å². The number of nitrogens with one attached hydrogen (secondary N) is 2. The molecule has 1 aliphatic rings. The van der Waals surface area contributed by atoms with Gasteiger partial charge in [0.1, 0.15) is 0 Å². The third-order valence-corrected chi connectivity index (χ3v) is 4.09. The lowest BCUT2D eigenvalue weighted by Gasteiger charge is -2.32. The first kappa shape index (κ1) is 13.2. The van der Waals surface area contributed by atoms with Crippen molar-refractivity contribution in [1.82, 2.24) is 10.2 Å². The normalized spacial score (nSPS) is 15.8. The van der Waals surface area contributed by atoms with Gasteiger partial charge in [0.2, 0.25) is 0 Å². The maximum Gasteiger partial charge on any atom is 0.151 e. The van der Waals surface area contributed by atoms with Crippen molar-refractivity contribution in [3.8, 4) is 11.3 Å². The van der Waals surface area contributed by atoms with Crippen LogP contribution in [0, 0.1) is 5.92 Å². The van der Waals surface area contributed by atoms with Crippen LogP contribution in [-0.2, 0) is 11.8 Å². The molecule has 0 radical (unpaired) electrons. The zero-order valence-corrected chi connectivity index (χ0v) is 12.7. The van der Waals surface area contributed by atoms with E-state index in [1.54, 1.807) is 0 Å². The van der Waals surface area contributed by atoms with Crippen LogP contribution in [0.5, 0.6) is 0 Å². The molecule has 1 aliphatic carbocycles. The second-order valence-corrected chi connectivity index (χ2v) is 6.81. The summed E-state index contributed by atoms with van der Waals surface area (Å²) >= 11 is 0. The van der Waals surface area contributed by atoms with Crippen molar-refractivity contribution in [2.75, 3.05) is 11.9 Å². The van der Waals surface area contributed by atoms with Gasteiger partial charge < -0.3 is 5.32 Å². The van der Waals surface area contributed by atoms with Crippen LogP contribution < -0.4 is 5.32 Å². The van der Waals surface area contributed by atoms with E-state index < -0.39 is 0 Å². The molecule has 0 bridgehead atoms. The Labute approximate surface area is 120 Å². The smallest absolute Gasteiger partial charge is 0.151 e. The van der Waals surface area contributed by atoms with Crippen LogP contribution in [0.3, 0.4) is 0 Å². The molecule has 0 aliphatic heterocycles. The topological polar surface area (TPSA) is 40.7 Å². The summed E-state index contributed by atoms with van der Waals surface area (Å²) in [5, 5.41) is 11.2. The lowest BCUT2D eigenvalue weighted by atomic mass is 9.72. The number of H-pyrrole nitrogens is 1. The fourth-order valence-electron chi connectivity index (χ4n) is 3.04. The lowest BCUT2D eigenvalue weighted by molar-refractivity contribution is 0.517. The van der Waals surface area contributed by atoms with Gasteiger partial charge in [-0.25, -0.2) is 0 Å². The molecular weight excluding hydrogens is 246 g/mol. The number of nitrogens with zero attached hydrogens (tertiary/aromatic N) is 1. The Kier molecular flexibility index (Phi) is 3.08. The molecule has 0 spiro atoms. The quantitative estimate of drug-likeness (QED) is 0.885. The number of rotatable bonds is 3. The van der Waals surface area contributed by atoms with Crippen LogP contribution >= 0.6 is 0 Å². The van der Waals surface area contributed by atoms with Crippen molar-refractivity contribution in [3.63, 3.8) is 0 Å². The molecule has 0 saturated carbocycles. The third kappa shape index (κ3) is 2.11. The number of anilines is 1. The number of aromatic amines is 1. The Bertz CT molecular complexity index is 623. The van der Waals surface area contributed by atoms with Gasteiger partial charge >= 0.3 is 0 Å². The molecule has 2 aromatic rings. The zero-order chi connectivity index (χ0) is 14.3. The second kappa shape index (κ2) is 4.65. The van der Waals surface area contributed by atoms with E-state index in [0.29, 0.717) is 5.92 Å². The number of hydrogen-bond acceptors (Lipinski definition) is 2. The fourth-order valence-corrected chi connectivity index (χ4v) is 3.04. The summed E-state index contributed by atoms with van der Waals surface area (Å²) in [5.74, 6) is 1.64. The van der Waals surface area contributed by atoms with Gasteiger partial charge in [0, 0.05) is 17.7 Å². The summed E-state index contributed by atoms with van der Waals surface area (Å²) in [4.78, 5) is 0. The van der Waals surface area contributed by atoms with Crippen molar-refractivity contribution in [2.24, 2.45) is 5.92 Å². The number of benzene rings is 1. The lowest BCUT2D eigenvalue weighted by Crippen LogP contribution is -2.25. The minimum atomic E-state index is 0.154. The van der Waals surface area contributed by atoms with Crippen LogP contribution in [-0.4, -0.2) is 16.7 Å². The first-order chi connectivity index (χ1) is 9.49. The maximum absolute atomic E-state index is 4.50. The van der Waals surface area contributed by atoms with E-state index >= 15 is 0 Å². The SMILES string of the molecule is CC(C)CNc1n[nH]c2c1CC(C)(C)c1ccccc1-2. The van der Waals surface area contributed by atoms with E-state index in [1.165, 1.54) is 22.4 Å². The highest BCUT2D eigenvalue weighted by molar-refractivity contribution is 5.75. The van der Waals surface area contributed by atoms with Crippen LogP contribution in [0.4, 0.5) is 5.82 Å². The number of fused-ring (bicyclic) bond motifs is 3. The first-order valence-electron chi connectivity index (χ1n) is 7.40. The summed E-state index contributed by atoms with van der Waals surface area (Å²) in [7, 11) is 0. The van der Waals surface area contributed by atoms with Crippen molar-refractivity contribution in [2.45, 2.75) is 39.5 Å². The molecule has 0 saturated heterocycles. The number of hydrogen-bond donors (Lipinski definition) is 2. The van der Waals surface area contributed by atoms with Gasteiger partial charge in [0.25, 0.3) is 0 Å². The average Bonchev–Trinajstić information content (AvgIpc) is 2.79. The third-order valence-electron chi connectivity index (χ3n) is 4.09. The highest BCUT2D eigenvalue weighted by Crippen LogP contribution is 2.44. The fraction of sp³-hybridized carbons (Fsp3) is 0.471. The second-order valence-electron chi connectivity index (χ2n) is 6.81. The molecule has 3 nitrogen and oxygen atoms in total. The number of aromatic nitrogens is 2. The van der Waals surface area contributed by atoms with Gasteiger partial charge in [0.05, 0.1) is 5.69 Å². The van der Waals surface area contributed by atoms with E-state index in [9.17, 15) is 0 Å². The van der Waals surface area contributed by atoms with Gasteiger partial charge in [-0.2, -0.15) is 5.10 Å². The maximum atomic E-state index is 4.50. The minimum absolute atomic E-state index is 0.154. The molecule has 20 heavy (non-hydrogen) atoms. The molecule has 0 fully saturated rings. The van der Waals surface area contributed by atoms with Crippen LogP contribution in [0.25, 0.3) is 11.3 Å². The molecule has 0 unspecified atom stereocenters. The van der Waals surface area contributed by atoms with Crippen molar-refractivity contribution >= 4 is 5.82 Å². The Morgan fingerprint density at radius 2 is 2.05 bits per heavy atom. The summed E-state index contributed by atoms with van der Waals surface area (Å²) in [6, 6.07) is 8.66. The van der Waals surface area contributed by atoms with E-state index in [-0.39, 0.29) is 5.41 Å². The molecule has 1 heterocycles. The molecule has 2 N–H and O–H groups in total. The largest absolute Gasteiger partial charge is 0.368 e. The van der Waals surface area contributed by atoms with Gasteiger partial charge in [-0.1, -0.05) is 52.0 Å². The summed E-state index contributed by atoms with van der Waals surface area (Å²) in [5.41, 5.74) is 5.37. The summed E-state index contributed by atoms with van der Waals surface area (Å²) in [6.07, 6.45) is 1.02. The molecule has 0 atom stereocenters. The monoisotopic (exact) mass is 269 g/mol. The standard InChI is InChI=1S/C17H23N3/c1-11(2)10-18-16-13-9-17(3,4)14-8-6-5-7-12(14)15(13)19-20-16/h5-8,11H,9-10H2,1-4H3,(H2,18,19,20). The van der Waals surface area contributed by atoms with E-state index in [0.717, 1.165) is 18.8 Å². The van der Waals surface area contributed by atoms with E-state index in [4.69, 9.17) is 0 Å². The molecule has 106 valence electrons. The Balaban J connectivity index is 2.05. The predicted octanol–water partition coefficient (Wildman–Crippen LogP) is 3.98. The molecule has 3 rings (SSSR count). The zero-order valence-electron chi connectivity index (χ0n) is 12.7. The Morgan fingerprint density at radius 1 is 1.30 bits per heavy atom. The van der Waals surface area contributed by atoms with E-state index in [2.05, 4.69) is 67.5 Å². The predicted molar refractivity (Wildman–Crippen MR) is 84.1 cm³/mol. The average molecular weight is 269 g/mol. The Hall–Kier alpha value is -1.77. The van der Waals surface area contributed by atoms with Crippen molar-refractivity contribution in [3.05, 3.63) is 35.4 Å². The summed E-state index contributed by atoms with van der Waals surface area (Å²) in [6.45, 7) is 10.0. The molecular formula is C17H23N3. The van der Waals surface area contributed by atoms with Gasteiger partial charge in [-0.3, -0.25) is 5.10 Å². The van der Waals surface area contributed by atoms with Gasteiger partial charge in [-0.15, -0.1) is 0 Å². The molecule has 1 aromatic heterocycles. The van der Waals surface area contributed by atoms with Gasteiger partial charge in [-0.05, 0) is 23.3 Å². The Morgan fingerprint density at radius 3 is 2.80 bits per heavy atom. The van der Waals surface area contributed by atoms with Crippen LogP contribution in [0.1, 0.15) is 38.8 Å². The van der Waals surface area contributed by atoms with Crippen LogP contribution in [0.2, 0.25) is 0 Å². The molecule has 3 heteroatoms. The van der Waals surface area contributed by atoms with E-state index in [1.807, 2.05) is 0 Å². The molecule has 1 aromatic carbocycles. The molecule has 0 amide bonds. The highest BCUT2D eigenvalue weighted by Gasteiger charge is 2.33.